The van der Waals surface area contributed by atoms with Crippen molar-refractivity contribution in [1.82, 2.24) is 15.0 Å². The van der Waals surface area contributed by atoms with Gasteiger partial charge in [-0.05, 0) is 55.7 Å². The van der Waals surface area contributed by atoms with Crippen molar-refractivity contribution in [1.29, 1.82) is 0 Å². The number of anilines is 1. The zero-order chi connectivity index (χ0) is 19.8. The van der Waals surface area contributed by atoms with Crippen LogP contribution >= 0.6 is 0 Å². The van der Waals surface area contributed by atoms with Crippen LogP contribution in [0.5, 0.6) is 0 Å². The first-order valence-corrected chi connectivity index (χ1v) is 11.0. The molecule has 1 aromatic heterocycles. The highest BCUT2D eigenvalue weighted by Crippen LogP contribution is 2.39. The molecule has 3 heterocycles. The van der Waals surface area contributed by atoms with Crippen LogP contribution in [0.25, 0.3) is 11.3 Å². The lowest BCUT2D eigenvalue weighted by molar-refractivity contribution is 0.00370. The molecule has 1 aromatic carbocycles. The standard InChI is InChI=1S/C24H30N4O/c1-24(2)16-27(17-24)23-13-19(9-8-18-6-7-18)10-11-21(23)22-15-28(26-25-22)14-20-5-3-4-12-29-20/h10-11,13,15,18,20H,3-7,12,14,16-17H2,1-2H3/t20-/m1/s1. The summed E-state index contributed by atoms with van der Waals surface area (Å²) in [5, 5.41) is 8.89. The Morgan fingerprint density at radius 1 is 1.17 bits per heavy atom. The SMILES string of the molecule is CC1(C)CN(c2cc(C#CC3CC3)ccc2-c2cn(C[C@H]3CCCCO3)nn2)C1. The minimum Gasteiger partial charge on any atom is -0.376 e. The Bertz CT molecular complexity index is 933. The molecule has 3 aliphatic rings. The van der Waals surface area contributed by atoms with Crippen LogP contribution in [0.15, 0.2) is 24.4 Å². The first-order valence-electron chi connectivity index (χ1n) is 11.0. The minimum absolute atomic E-state index is 0.258. The molecule has 0 N–H and O–H groups in total. The molecule has 5 rings (SSSR count). The molecule has 2 saturated heterocycles. The quantitative estimate of drug-likeness (QED) is 0.737. The molecular weight excluding hydrogens is 360 g/mol. The fourth-order valence-corrected chi connectivity index (χ4v) is 4.33. The number of hydrogen-bond donors (Lipinski definition) is 0. The largest absolute Gasteiger partial charge is 0.376 e. The third kappa shape index (κ3) is 4.33. The van der Waals surface area contributed by atoms with Crippen LogP contribution in [0, 0.1) is 23.2 Å². The normalized spacial score (nSPS) is 23.2. The molecule has 2 aromatic rings. The zero-order valence-corrected chi connectivity index (χ0v) is 17.5. The fourth-order valence-electron chi connectivity index (χ4n) is 4.33. The van der Waals surface area contributed by atoms with Crippen LogP contribution in [0.3, 0.4) is 0 Å². The molecule has 0 radical (unpaired) electrons. The first kappa shape index (κ1) is 18.7. The Hall–Kier alpha value is -2.32. The lowest BCUT2D eigenvalue weighted by Gasteiger charge is -2.48. The van der Waals surface area contributed by atoms with Crippen LogP contribution in [-0.2, 0) is 11.3 Å². The summed E-state index contributed by atoms with van der Waals surface area (Å²) in [5.41, 5.74) is 4.77. The number of ether oxygens (including phenoxy) is 1. The molecule has 0 bridgehead atoms. The van der Waals surface area contributed by atoms with E-state index in [-0.39, 0.29) is 6.10 Å². The minimum atomic E-state index is 0.258. The molecule has 2 aliphatic heterocycles. The third-order valence-corrected chi connectivity index (χ3v) is 6.05. The molecular formula is C24H30N4O. The Morgan fingerprint density at radius 2 is 2.03 bits per heavy atom. The predicted molar refractivity (Wildman–Crippen MR) is 115 cm³/mol. The second-order valence-electron chi connectivity index (χ2n) is 9.61. The maximum absolute atomic E-state index is 5.86. The van der Waals surface area contributed by atoms with Crippen molar-refractivity contribution in [2.24, 2.45) is 11.3 Å². The van der Waals surface area contributed by atoms with E-state index >= 15 is 0 Å². The van der Waals surface area contributed by atoms with E-state index in [0.717, 1.165) is 49.5 Å². The van der Waals surface area contributed by atoms with E-state index in [1.54, 1.807) is 0 Å². The van der Waals surface area contributed by atoms with E-state index in [1.807, 2.05) is 4.68 Å². The molecule has 29 heavy (non-hydrogen) atoms. The lowest BCUT2D eigenvalue weighted by atomic mass is 9.83. The monoisotopic (exact) mass is 390 g/mol. The van der Waals surface area contributed by atoms with Gasteiger partial charge in [-0.3, -0.25) is 0 Å². The highest BCUT2D eigenvalue weighted by molar-refractivity contribution is 5.78. The topological polar surface area (TPSA) is 43.2 Å². The number of benzene rings is 1. The molecule has 0 unspecified atom stereocenters. The van der Waals surface area contributed by atoms with Gasteiger partial charge in [0.05, 0.1) is 18.8 Å². The molecule has 152 valence electrons. The van der Waals surface area contributed by atoms with Crippen molar-refractivity contribution < 1.29 is 4.74 Å². The fraction of sp³-hybridized carbons (Fsp3) is 0.583. The molecule has 1 saturated carbocycles. The van der Waals surface area contributed by atoms with Crippen LogP contribution in [-0.4, -0.2) is 40.8 Å². The van der Waals surface area contributed by atoms with Gasteiger partial charge in [-0.25, -0.2) is 4.68 Å². The van der Waals surface area contributed by atoms with Crippen LogP contribution in [0.4, 0.5) is 5.69 Å². The molecule has 0 spiro atoms. The highest BCUT2D eigenvalue weighted by Gasteiger charge is 2.35. The zero-order valence-electron chi connectivity index (χ0n) is 17.5. The summed E-state index contributed by atoms with van der Waals surface area (Å²) in [5.74, 6) is 7.37. The van der Waals surface area contributed by atoms with E-state index in [4.69, 9.17) is 4.74 Å². The average Bonchev–Trinajstić information content (AvgIpc) is 3.42. The van der Waals surface area contributed by atoms with E-state index in [0.29, 0.717) is 11.3 Å². The number of aromatic nitrogens is 3. The van der Waals surface area contributed by atoms with Crippen molar-refractivity contribution in [2.75, 3.05) is 24.6 Å². The van der Waals surface area contributed by atoms with Crippen LogP contribution in [0.2, 0.25) is 0 Å². The Kier molecular flexibility index (Phi) is 4.83. The lowest BCUT2D eigenvalue weighted by Crippen LogP contribution is -2.53. The van der Waals surface area contributed by atoms with E-state index in [1.165, 1.54) is 31.4 Å². The van der Waals surface area contributed by atoms with Gasteiger partial charge < -0.3 is 9.64 Å². The van der Waals surface area contributed by atoms with Crippen molar-refractivity contribution in [2.45, 2.75) is 58.6 Å². The number of rotatable bonds is 4. The Balaban J connectivity index is 1.40. The molecule has 5 nitrogen and oxygen atoms in total. The molecule has 1 aliphatic carbocycles. The molecule has 5 heteroatoms. The van der Waals surface area contributed by atoms with Gasteiger partial charge in [0.25, 0.3) is 0 Å². The summed E-state index contributed by atoms with van der Waals surface area (Å²) in [6.45, 7) is 8.41. The smallest absolute Gasteiger partial charge is 0.115 e. The van der Waals surface area contributed by atoms with Crippen LogP contribution in [0.1, 0.15) is 51.5 Å². The van der Waals surface area contributed by atoms with Gasteiger partial charge in [0.15, 0.2) is 0 Å². The predicted octanol–water partition coefficient (Wildman–Crippen LogP) is 4.12. The van der Waals surface area contributed by atoms with E-state index in [2.05, 4.69) is 65.3 Å². The number of hydrogen-bond acceptors (Lipinski definition) is 4. The van der Waals surface area contributed by atoms with E-state index in [9.17, 15) is 0 Å². The Labute approximate surface area is 173 Å². The molecule has 0 amide bonds. The van der Waals surface area contributed by atoms with Gasteiger partial charge in [0.1, 0.15) is 5.69 Å². The van der Waals surface area contributed by atoms with Gasteiger partial charge in [0, 0.05) is 42.4 Å². The van der Waals surface area contributed by atoms with Crippen molar-refractivity contribution in [3.05, 3.63) is 30.0 Å². The maximum atomic E-state index is 5.86. The van der Waals surface area contributed by atoms with Gasteiger partial charge >= 0.3 is 0 Å². The summed E-state index contributed by atoms with van der Waals surface area (Å²) in [6, 6.07) is 6.54. The van der Waals surface area contributed by atoms with Crippen molar-refractivity contribution in [3.63, 3.8) is 0 Å². The van der Waals surface area contributed by atoms with E-state index < -0.39 is 0 Å². The second kappa shape index (κ2) is 7.50. The summed E-state index contributed by atoms with van der Waals surface area (Å²) < 4.78 is 7.80. The van der Waals surface area contributed by atoms with Gasteiger partial charge in [-0.15, -0.1) is 5.10 Å². The average molecular weight is 391 g/mol. The Morgan fingerprint density at radius 3 is 2.76 bits per heavy atom. The first-order chi connectivity index (χ1) is 14.1. The van der Waals surface area contributed by atoms with Gasteiger partial charge in [-0.2, -0.15) is 0 Å². The molecule has 3 fully saturated rings. The molecule has 1 atom stereocenters. The van der Waals surface area contributed by atoms with Crippen molar-refractivity contribution >= 4 is 5.69 Å². The van der Waals surface area contributed by atoms with Gasteiger partial charge in [0.2, 0.25) is 0 Å². The highest BCUT2D eigenvalue weighted by atomic mass is 16.5. The second-order valence-corrected chi connectivity index (χ2v) is 9.61. The van der Waals surface area contributed by atoms with Gasteiger partial charge in [-0.1, -0.05) is 30.9 Å². The summed E-state index contributed by atoms with van der Waals surface area (Å²) in [7, 11) is 0. The maximum Gasteiger partial charge on any atom is 0.115 e. The summed E-state index contributed by atoms with van der Waals surface area (Å²) in [6.07, 6.45) is 8.36. The summed E-state index contributed by atoms with van der Waals surface area (Å²) in [4.78, 5) is 2.45. The number of nitrogens with zero attached hydrogens (tertiary/aromatic N) is 4. The van der Waals surface area contributed by atoms with Crippen molar-refractivity contribution in [3.8, 4) is 23.1 Å². The van der Waals surface area contributed by atoms with Crippen LogP contribution < -0.4 is 4.90 Å². The third-order valence-electron chi connectivity index (χ3n) is 6.05. The summed E-state index contributed by atoms with van der Waals surface area (Å²) >= 11 is 0.